The molecule has 5 N–H and O–H groups in total. The number of ether oxygens (including phenoxy) is 2. The molecule has 0 aliphatic heterocycles. The second-order valence-electron chi connectivity index (χ2n) is 4.74. The fourth-order valence-electron chi connectivity index (χ4n) is 1.50. The van der Waals surface area contributed by atoms with Gasteiger partial charge in [0.1, 0.15) is 5.54 Å². The Morgan fingerprint density at radius 3 is 2.10 bits per heavy atom. The molecule has 0 aromatic heterocycles. The number of nitrogens with one attached hydrogen (secondary N) is 1. The van der Waals surface area contributed by atoms with Crippen molar-refractivity contribution in [2.75, 3.05) is 20.0 Å². The van der Waals surface area contributed by atoms with E-state index in [0.717, 1.165) is 0 Å². The first kappa shape index (κ1) is 15.6. The quantitative estimate of drug-likeness (QED) is 0.670. The molecule has 0 radical (unpaired) electrons. The largest absolute Gasteiger partial charge is 0.493 e. The molecular formula is C13H19N3O4. The molecule has 0 saturated heterocycles. The van der Waals surface area contributed by atoms with Crippen molar-refractivity contribution >= 4 is 17.5 Å². The molecule has 0 atom stereocenters. The van der Waals surface area contributed by atoms with Gasteiger partial charge in [0.2, 0.25) is 5.91 Å². The molecule has 0 bridgehead atoms. The van der Waals surface area contributed by atoms with Gasteiger partial charge < -0.3 is 26.3 Å². The predicted molar refractivity (Wildman–Crippen MR) is 74.7 cm³/mol. The average molecular weight is 281 g/mol. The summed E-state index contributed by atoms with van der Waals surface area (Å²) in [6, 6.07) is 2.92. The smallest absolute Gasteiger partial charge is 0.254 e. The van der Waals surface area contributed by atoms with E-state index in [9.17, 15) is 9.59 Å². The molecule has 0 spiro atoms. The van der Waals surface area contributed by atoms with Crippen molar-refractivity contribution in [1.82, 2.24) is 5.32 Å². The van der Waals surface area contributed by atoms with Gasteiger partial charge in [0, 0.05) is 11.8 Å². The Hall–Kier alpha value is -2.44. The molecule has 20 heavy (non-hydrogen) atoms. The van der Waals surface area contributed by atoms with Crippen molar-refractivity contribution in [1.29, 1.82) is 0 Å². The standard InChI is InChI=1S/C13H19N3O4/c1-13(2,12(15)18)16-11(17)7-5-9(19-3)10(20-4)6-8(7)14/h5-6H,14H2,1-4H3,(H2,15,18)(H,16,17). The minimum Gasteiger partial charge on any atom is -0.493 e. The second kappa shape index (κ2) is 5.68. The number of rotatable bonds is 5. The van der Waals surface area contributed by atoms with Crippen LogP contribution in [0.2, 0.25) is 0 Å². The van der Waals surface area contributed by atoms with Crippen molar-refractivity contribution in [3.05, 3.63) is 17.7 Å². The number of carbonyl (C=O) groups excluding carboxylic acids is 2. The number of nitrogen functional groups attached to an aromatic ring is 1. The Morgan fingerprint density at radius 2 is 1.65 bits per heavy atom. The van der Waals surface area contributed by atoms with Crippen LogP contribution in [0.5, 0.6) is 11.5 Å². The molecule has 1 aromatic carbocycles. The van der Waals surface area contributed by atoms with Gasteiger partial charge >= 0.3 is 0 Å². The molecule has 110 valence electrons. The number of hydrogen-bond acceptors (Lipinski definition) is 5. The lowest BCUT2D eigenvalue weighted by Crippen LogP contribution is -2.53. The number of anilines is 1. The van der Waals surface area contributed by atoms with Crippen molar-refractivity contribution < 1.29 is 19.1 Å². The van der Waals surface area contributed by atoms with E-state index >= 15 is 0 Å². The zero-order valence-corrected chi connectivity index (χ0v) is 11.9. The Morgan fingerprint density at radius 1 is 1.15 bits per heavy atom. The minimum atomic E-state index is -1.18. The van der Waals surface area contributed by atoms with Gasteiger partial charge in [-0.15, -0.1) is 0 Å². The Kier molecular flexibility index (Phi) is 4.44. The summed E-state index contributed by atoms with van der Waals surface area (Å²) in [7, 11) is 2.91. The average Bonchev–Trinajstić information content (AvgIpc) is 2.37. The molecule has 7 nitrogen and oxygen atoms in total. The third-order valence-corrected chi connectivity index (χ3v) is 2.84. The van der Waals surface area contributed by atoms with Crippen molar-refractivity contribution in [3.63, 3.8) is 0 Å². The maximum atomic E-state index is 12.2. The Balaban J connectivity index is 3.14. The first-order valence-electron chi connectivity index (χ1n) is 5.87. The molecule has 7 heteroatoms. The molecule has 0 heterocycles. The zero-order valence-electron chi connectivity index (χ0n) is 11.9. The van der Waals surface area contributed by atoms with Crippen LogP contribution in [0.25, 0.3) is 0 Å². The predicted octanol–water partition coefficient (Wildman–Crippen LogP) is 0.280. The summed E-state index contributed by atoms with van der Waals surface area (Å²) in [6.07, 6.45) is 0. The van der Waals surface area contributed by atoms with Crippen LogP contribution in [0.1, 0.15) is 24.2 Å². The van der Waals surface area contributed by atoms with Crippen molar-refractivity contribution in [2.24, 2.45) is 5.73 Å². The Bertz CT molecular complexity index is 541. The van der Waals surface area contributed by atoms with E-state index in [4.69, 9.17) is 20.9 Å². The van der Waals surface area contributed by atoms with Crippen LogP contribution >= 0.6 is 0 Å². The highest BCUT2D eigenvalue weighted by Gasteiger charge is 2.28. The van der Waals surface area contributed by atoms with Crippen LogP contribution in [-0.2, 0) is 4.79 Å². The van der Waals surface area contributed by atoms with E-state index in [2.05, 4.69) is 5.32 Å². The minimum absolute atomic E-state index is 0.178. The monoisotopic (exact) mass is 281 g/mol. The highest BCUT2D eigenvalue weighted by atomic mass is 16.5. The molecule has 0 aliphatic carbocycles. The summed E-state index contributed by atoms with van der Waals surface area (Å²) in [5.41, 5.74) is 10.2. The summed E-state index contributed by atoms with van der Waals surface area (Å²) in [5, 5.41) is 2.51. The summed E-state index contributed by atoms with van der Waals surface area (Å²) >= 11 is 0. The highest BCUT2D eigenvalue weighted by Crippen LogP contribution is 2.32. The number of amides is 2. The molecule has 2 amide bonds. The molecule has 0 fully saturated rings. The lowest BCUT2D eigenvalue weighted by molar-refractivity contribution is -0.122. The summed E-state index contributed by atoms with van der Waals surface area (Å²) < 4.78 is 10.2. The van der Waals surface area contributed by atoms with Crippen LogP contribution in [-0.4, -0.2) is 31.6 Å². The maximum Gasteiger partial charge on any atom is 0.254 e. The molecule has 1 aromatic rings. The van der Waals surface area contributed by atoms with Gasteiger partial charge in [-0.2, -0.15) is 0 Å². The van der Waals surface area contributed by atoms with E-state index in [1.165, 1.54) is 40.2 Å². The van der Waals surface area contributed by atoms with Crippen LogP contribution in [0.3, 0.4) is 0 Å². The fraction of sp³-hybridized carbons (Fsp3) is 0.385. The van der Waals surface area contributed by atoms with Gasteiger partial charge in [-0.25, -0.2) is 0 Å². The van der Waals surface area contributed by atoms with Crippen LogP contribution in [0.4, 0.5) is 5.69 Å². The number of carbonyl (C=O) groups is 2. The van der Waals surface area contributed by atoms with Crippen molar-refractivity contribution in [2.45, 2.75) is 19.4 Å². The number of primary amides is 1. The molecule has 0 saturated carbocycles. The lowest BCUT2D eigenvalue weighted by atomic mass is 10.0. The van der Waals surface area contributed by atoms with E-state index < -0.39 is 17.4 Å². The van der Waals surface area contributed by atoms with Gasteiger partial charge in [-0.05, 0) is 19.9 Å². The number of benzene rings is 1. The zero-order chi connectivity index (χ0) is 15.5. The van der Waals surface area contributed by atoms with Gasteiger partial charge in [0.15, 0.2) is 11.5 Å². The SMILES string of the molecule is COc1cc(N)c(C(=O)NC(C)(C)C(N)=O)cc1OC. The molecule has 1 rings (SSSR count). The number of nitrogens with two attached hydrogens (primary N) is 2. The fourth-order valence-corrected chi connectivity index (χ4v) is 1.50. The summed E-state index contributed by atoms with van der Waals surface area (Å²) in [5.74, 6) is -0.392. The first-order chi connectivity index (χ1) is 9.22. The Labute approximate surface area is 117 Å². The summed E-state index contributed by atoms with van der Waals surface area (Å²) in [4.78, 5) is 23.4. The van der Waals surface area contributed by atoms with Gasteiger partial charge in [-0.3, -0.25) is 9.59 Å². The molecular weight excluding hydrogens is 262 g/mol. The first-order valence-corrected chi connectivity index (χ1v) is 5.87. The third-order valence-electron chi connectivity index (χ3n) is 2.84. The number of hydrogen-bond donors (Lipinski definition) is 3. The van der Waals surface area contributed by atoms with E-state index in [0.29, 0.717) is 11.5 Å². The molecule has 0 aliphatic rings. The highest BCUT2D eigenvalue weighted by molar-refractivity contribution is 6.02. The second-order valence-corrected chi connectivity index (χ2v) is 4.74. The van der Waals surface area contributed by atoms with Gasteiger partial charge in [-0.1, -0.05) is 0 Å². The molecule has 0 unspecified atom stereocenters. The summed E-state index contributed by atoms with van der Waals surface area (Å²) in [6.45, 7) is 3.01. The normalized spacial score (nSPS) is 10.8. The van der Waals surface area contributed by atoms with Crippen LogP contribution < -0.4 is 26.3 Å². The van der Waals surface area contributed by atoms with Gasteiger partial charge in [0.25, 0.3) is 5.91 Å². The van der Waals surface area contributed by atoms with Crippen molar-refractivity contribution in [3.8, 4) is 11.5 Å². The van der Waals surface area contributed by atoms with Crippen LogP contribution in [0, 0.1) is 0 Å². The number of methoxy groups -OCH3 is 2. The van der Waals surface area contributed by atoms with E-state index in [1.54, 1.807) is 0 Å². The van der Waals surface area contributed by atoms with E-state index in [-0.39, 0.29) is 11.3 Å². The third kappa shape index (κ3) is 3.11. The maximum absolute atomic E-state index is 12.2. The lowest BCUT2D eigenvalue weighted by Gasteiger charge is -2.23. The van der Waals surface area contributed by atoms with Crippen LogP contribution in [0.15, 0.2) is 12.1 Å². The van der Waals surface area contributed by atoms with E-state index in [1.807, 2.05) is 0 Å². The topological polar surface area (TPSA) is 117 Å². The van der Waals surface area contributed by atoms with Gasteiger partial charge in [0.05, 0.1) is 19.8 Å².